The average molecular weight is 275 g/mol. The molecular formula is C11H8F3NO2S. The van der Waals surface area contributed by atoms with E-state index in [1.165, 1.54) is 13.0 Å². The third-order valence-electron chi connectivity index (χ3n) is 2.15. The van der Waals surface area contributed by atoms with Crippen LogP contribution in [0.3, 0.4) is 0 Å². The summed E-state index contributed by atoms with van der Waals surface area (Å²) in [6, 6.07) is 4.22. The van der Waals surface area contributed by atoms with Gasteiger partial charge in [-0.15, -0.1) is 0 Å². The molecule has 7 heteroatoms. The number of methoxy groups -OCH3 is 1. The maximum atomic E-state index is 12.4. The van der Waals surface area contributed by atoms with Gasteiger partial charge in [0, 0.05) is 4.90 Å². The van der Waals surface area contributed by atoms with Crippen molar-refractivity contribution in [2.75, 3.05) is 7.11 Å². The summed E-state index contributed by atoms with van der Waals surface area (Å²) in [6.45, 7) is 1.36. The molecule has 18 heavy (non-hydrogen) atoms. The number of carbonyl (C=O) groups excluding carboxylic acids is 1. The summed E-state index contributed by atoms with van der Waals surface area (Å²) in [5, 5.41) is 8.77. The van der Waals surface area contributed by atoms with E-state index in [2.05, 4.69) is 4.74 Å². The van der Waals surface area contributed by atoms with E-state index in [4.69, 9.17) is 5.26 Å². The number of nitrogens with zero attached hydrogens (tertiary/aromatic N) is 1. The quantitative estimate of drug-likeness (QED) is 0.614. The Hall–Kier alpha value is -1.68. The molecule has 0 saturated heterocycles. The second-order valence-electron chi connectivity index (χ2n) is 3.27. The van der Waals surface area contributed by atoms with E-state index in [-0.39, 0.29) is 21.6 Å². The summed E-state index contributed by atoms with van der Waals surface area (Å²) < 4.78 is 41.7. The van der Waals surface area contributed by atoms with E-state index in [9.17, 15) is 18.0 Å². The summed E-state index contributed by atoms with van der Waals surface area (Å²) in [5.41, 5.74) is -4.53. The predicted molar refractivity (Wildman–Crippen MR) is 59.1 cm³/mol. The molecule has 96 valence electrons. The first-order valence-corrected chi connectivity index (χ1v) is 5.49. The van der Waals surface area contributed by atoms with Crippen LogP contribution in [0.4, 0.5) is 13.2 Å². The number of ether oxygens (including phenoxy) is 1. The number of alkyl halides is 3. The summed E-state index contributed by atoms with van der Waals surface area (Å²) in [6.07, 6.45) is 0. The molecule has 0 amide bonds. The maximum absolute atomic E-state index is 12.4. The molecule has 1 aromatic carbocycles. The zero-order valence-corrected chi connectivity index (χ0v) is 10.3. The van der Waals surface area contributed by atoms with Crippen molar-refractivity contribution in [2.24, 2.45) is 0 Å². The molecule has 0 aliphatic carbocycles. The first kappa shape index (κ1) is 14.4. The van der Waals surface area contributed by atoms with E-state index in [1.54, 1.807) is 6.07 Å². The maximum Gasteiger partial charge on any atom is 0.446 e. The highest BCUT2D eigenvalue weighted by molar-refractivity contribution is 8.00. The lowest BCUT2D eigenvalue weighted by Gasteiger charge is -2.13. The van der Waals surface area contributed by atoms with Gasteiger partial charge in [0.25, 0.3) is 0 Å². The molecule has 0 radical (unpaired) electrons. The topological polar surface area (TPSA) is 50.1 Å². The Balaban J connectivity index is 3.41. The number of nitriles is 1. The fourth-order valence-electron chi connectivity index (χ4n) is 1.33. The van der Waals surface area contributed by atoms with E-state index < -0.39 is 23.2 Å². The van der Waals surface area contributed by atoms with Crippen molar-refractivity contribution in [3.05, 3.63) is 28.8 Å². The van der Waals surface area contributed by atoms with Crippen LogP contribution < -0.4 is 0 Å². The monoisotopic (exact) mass is 275 g/mol. The Labute approximate surface area is 106 Å². The number of esters is 1. The van der Waals surface area contributed by atoms with Crippen molar-refractivity contribution in [2.45, 2.75) is 17.3 Å². The molecule has 0 aliphatic heterocycles. The van der Waals surface area contributed by atoms with Gasteiger partial charge in [0.1, 0.15) is 0 Å². The van der Waals surface area contributed by atoms with E-state index >= 15 is 0 Å². The van der Waals surface area contributed by atoms with Crippen LogP contribution in [0.2, 0.25) is 0 Å². The standard InChI is InChI=1S/C11H8F3NO2S/c1-6-7(5-15)3-4-8(10(16)17-2)9(6)18-11(12,13)14/h3-4H,1-2H3. The normalized spacial score (nSPS) is 10.9. The lowest BCUT2D eigenvalue weighted by molar-refractivity contribution is -0.0328. The van der Waals surface area contributed by atoms with Crippen LogP contribution in [0.1, 0.15) is 21.5 Å². The van der Waals surface area contributed by atoms with Gasteiger partial charge in [-0.3, -0.25) is 0 Å². The molecule has 0 bridgehead atoms. The van der Waals surface area contributed by atoms with Gasteiger partial charge in [-0.25, -0.2) is 4.79 Å². The van der Waals surface area contributed by atoms with Crippen LogP contribution in [0, 0.1) is 18.3 Å². The van der Waals surface area contributed by atoms with Gasteiger partial charge >= 0.3 is 11.5 Å². The predicted octanol–water partition coefficient (Wildman–Crippen LogP) is 3.27. The minimum Gasteiger partial charge on any atom is -0.465 e. The highest BCUT2D eigenvalue weighted by Crippen LogP contribution is 2.41. The second kappa shape index (κ2) is 5.31. The summed E-state index contributed by atoms with van der Waals surface area (Å²) >= 11 is -0.425. The Morgan fingerprint density at radius 1 is 1.44 bits per heavy atom. The zero-order chi connectivity index (χ0) is 13.9. The minimum absolute atomic E-state index is 0.0920. The van der Waals surface area contributed by atoms with Crippen LogP contribution in [-0.2, 0) is 4.74 Å². The third kappa shape index (κ3) is 3.17. The molecule has 0 aliphatic rings. The Kier molecular flexibility index (Phi) is 4.24. The average Bonchev–Trinajstić information content (AvgIpc) is 2.29. The van der Waals surface area contributed by atoms with Crippen molar-refractivity contribution in [1.29, 1.82) is 5.26 Å². The second-order valence-corrected chi connectivity index (χ2v) is 4.34. The van der Waals surface area contributed by atoms with Crippen LogP contribution in [0.15, 0.2) is 17.0 Å². The molecule has 0 unspecified atom stereocenters. The fraction of sp³-hybridized carbons (Fsp3) is 0.273. The molecule has 0 N–H and O–H groups in total. The highest BCUT2D eigenvalue weighted by atomic mass is 32.2. The van der Waals surface area contributed by atoms with Gasteiger partial charge in [0.05, 0.1) is 24.3 Å². The van der Waals surface area contributed by atoms with Gasteiger partial charge in [-0.2, -0.15) is 18.4 Å². The molecule has 3 nitrogen and oxygen atoms in total. The summed E-state index contributed by atoms with van der Waals surface area (Å²) in [7, 11) is 1.08. The highest BCUT2D eigenvalue weighted by Gasteiger charge is 2.33. The first-order valence-electron chi connectivity index (χ1n) is 4.68. The SMILES string of the molecule is COC(=O)c1ccc(C#N)c(C)c1SC(F)(F)F. The number of hydrogen-bond donors (Lipinski definition) is 0. The number of hydrogen-bond acceptors (Lipinski definition) is 4. The molecule has 0 heterocycles. The Morgan fingerprint density at radius 2 is 2.06 bits per heavy atom. The van der Waals surface area contributed by atoms with Gasteiger partial charge in [0.15, 0.2) is 0 Å². The van der Waals surface area contributed by atoms with Gasteiger partial charge in [-0.05, 0) is 36.4 Å². The molecular weight excluding hydrogens is 267 g/mol. The van der Waals surface area contributed by atoms with E-state index in [0.29, 0.717) is 0 Å². The Morgan fingerprint density at radius 3 is 2.50 bits per heavy atom. The lowest BCUT2D eigenvalue weighted by atomic mass is 10.1. The van der Waals surface area contributed by atoms with Crippen LogP contribution in [-0.4, -0.2) is 18.6 Å². The Bertz CT molecular complexity index is 520. The minimum atomic E-state index is -4.54. The smallest absolute Gasteiger partial charge is 0.446 e. The van der Waals surface area contributed by atoms with Crippen LogP contribution >= 0.6 is 11.8 Å². The third-order valence-corrected chi connectivity index (χ3v) is 3.11. The van der Waals surface area contributed by atoms with Crippen molar-refractivity contribution < 1.29 is 22.7 Å². The molecule has 1 aromatic rings. The van der Waals surface area contributed by atoms with Gasteiger partial charge < -0.3 is 4.74 Å². The van der Waals surface area contributed by atoms with Crippen molar-refractivity contribution >= 4 is 17.7 Å². The van der Waals surface area contributed by atoms with Crippen molar-refractivity contribution in [3.63, 3.8) is 0 Å². The molecule has 0 spiro atoms. The molecule has 0 aromatic heterocycles. The van der Waals surface area contributed by atoms with Crippen molar-refractivity contribution in [3.8, 4) is 6.07 Å². The molecule has 0 atom stereocenters. The first-order chi connectivity index (χ1) is 8.30. The number of benzene rings is 1. The number of rotatable bonds is 2. The number of thioether (sulfide) groups is 1. The van der Waals surface area contributed by atoms with Crippen LogP contribution in [0.5, 0.6) is 0 Å². The van der Waals surface area contributed by atoms with Gasteiger partial charge in [0.2, 0.25) is 0 Å². The van der Waals surface area contributed by atoms with Crippen LogP contribution in [0.25, 0.3) is 0 Å². The van der Waals surface area contributed by atoms with E-state index in [0.717, 1.165) is 13.2 Å². The largest absolute Gasteiger partial charge is 0.465 e. The number of carbonyl (C=O) groups is 1. The van der Waals surface area contributed by atoms with Gasteiger partial charge in [-0.1, -0.05) is 0 Å². The molecule has 0 fully saturated rings. The molecule has 1 rings (SSSR count). The lowest BCUT2D eigenvalue weighted by Crippen LogP contribution is -2.09. The van der Waals surface area contributed by atoms with E-state index in [1.807, 2.05) is 0 Å². The summed E-state index contributed by atoms with van der Waals surface area (Å²) in [5.74, 6) is -0.866. The fourth-order valence-corrected chi connectivity index (χ4v) is 2.09. The number of halogens is 3. The van der Waals surface area contributed by atoms with Crippen molar-refractivity contribution in [1.82, 2.24) is 0 Å². The zero-order valence-electron chi connectivity index (χ0n) is 9.46. The summed E-state index contributed by atoms with van der Waals surface area (Å²) in [4.78, 5) is 11.1. The molecule has 0 saturated carbocycles.